The molecule has 5 rings (SSSR count). The van der Waals surface area contributed by atoms with E-state index < -0.39 is 0 Å². The summed E-state index contributed by atoms with van der Waals surface area (Å²) < 4.78 is 33.6. The van der Waals surface area contributed by atoms with Crippen molar-refractivity contribution >= 4 is 0 Å². The number of benzene rings is 1. The quantitative estimate of drug-likeness (QED) is 0.736. The standard InChI is InChI=1S/C23H28F2N4O/c24-18-3-4-22(25)21(16-18)23-2-1-7-28(23)19-6-9-29-20(17-19)5-8-27(29)11-10-26-12-14-30-15-13-26/h3-6,9,16-17,23H,1-2,7-8,10-15H2/t23-/m1/s1. The maximum atomic E-state index is 14.4. The average Bonchev–Trinajstić information content (AvgIpc) is 3.41. The van der Waals surface area contributed by atoms with E-state index in [9.17, 15) is 8.78 Å². The van der Waals surface area contributed by atoms with Crippen molar-refractivity contribution in [2.75, 3.05) is 52.5 Å². The number of morpholine rings is 1. The molecular formula is C23H28F2N4O. The molecule has 1 aromatic rings. The van der Waals surface area contributed by atoms with E-state index in [2.05, 4.69) is 44.2 Å². The maximum absolute atomic E-state index is 14.4. The second-order valence-electron chi connectivity index (χ2n) is 8.24. The van der Waals surface area contributed by atoms with Crippen molar-refractivity contribution < 1.29 is 13.5 Å². The number of hydrogen-bond donors (Lipinski definition) is 0. The van der Waals surface area contributed by atoms with Crippen LogP contribution in [0.25, 0.3) is 0 Å². The van der Waals surface area contributed by atoms with Gasteiger partial charge in [-0.2, -0.15) is 0 Å². The van der Waals surface area contributed by atoms with Gasteiger partial charge in [0.25, 0.3) is 0 Å². The lowest BCUT2D eigenvalue weighted by Crippen LogP contribution is -2.44. The lowest BCUT2D eigenvalue weighted by Gasteiger charge is -2.35. The molecule has 0 saturated carbocycles. The van der Waals surface area contributed by atoms with E-state index in [4.69, 9.17) is 4.74 Å². The second kappa shape index (κ2) is 8.49. The molecule has 0 bridgehead atoms. The van der Waals surface area contributed by atoms with Gasteiger partial charge in [0.1, 0.15) is 11.6 Å². The lowest BCUT2D eigenvalue weighted by molar-refractivity contribution is 0.0194. The molecule has 5 nitrogen and oxygen atoms in total. The highest BCUT2D eigenvalue weighted by Crippen LogP contribution is 2.38. The number of likely N-dealkylation sites (tertiary alicyclic amines) is 1. The van der Waals surface area contributed by atoms with Crippen LogP contribution in [-0.4, -0.2) is 72.3 Å². The Bertz CT molecular complexity index is 878. The van der Waals surface area contributed by atoms with Crippen LogP contribution in [0.2, 0.25) is 0 Å². The van der Waals surface area contributed by atoms with Crippen molar-refractivity contribution in [3.63, 3.8) is 0 Å². The number of halogens is 2. The highest BCUT2D eigenvalue weighted by Gasteiger charge is 2.32. The topological polar surface area (TPSA) is 22.2 Å². The zero-order chi connectivity index (χ0) is 20.5. The fraction of sp³-hybridized carbons (Fsp3) is 0.478. The van der Waals surface area contributed by atoms with Crippen LogP contribution in [0.3, 0.4) is 0 Å². The van der Waals surface area contributed by atoms with Crippen molar-refractivity contribution in [3.05, 3.63) is 71.2 Å². The SMILES string of the molecule is Fc1ccc(F)c([C@H]2CCCN2C2=CC3=CCN(CCN4CCOCC4)N3C=C2)c1. The number of hydrazine groups is 1. The Labute approximate surface area is 176 Å². The van der Waals surface area contributed by atoms with Gasteiger partial charge in [0.2, 0.25) is 0 Å². The van der Waals surface area contributed by atoms with Crippen LogP contribution in [-0.2, 0) is 4.74 Å². The lowest BCUT2D eigenvalue weighted by atomic mass is 10.0. The molecule has 2 fully saturated rings. The van der Waals surface area contributed by atoms with Gasteiger partial charge < -0.3 is 9.64 Å². The molecule has 7 heteroatoms. The van der Waals surface area contributed by atoms with Gasteiger partial charge in [0.15, 0.2) is 0 Å². The smallest absolute Gasteiger partial charge is 0.128 e. The minimum atomic E-state index is -0.382. The van der Waals surface area contributed by atoms with Gasteiger partial charge in [-0.1, -0.05) is 0 Å². The van der Waals surface area contributed by atoms with E-state index >= 15 is 0 Å². The summed E-state index contributed by atoms with van der Waals surface area (Å²) in [5.74, 6) is -0.711. The third-order valence-corrected chi connectivity index (χ3v) is 6.44. The van der Waals surface area contributed by atoms with E-state index in [0.29, 0.717) is 5.56 Å². The van der Waals surface area contributed by atoms with E-state index in [1.54, 1.807) is 0 Å². The summed E-state index contributed by atoms with van der Waals surface area (Å²) in [7, 11) is 0. The number of ether oxygens (including phenoxy) is 1. The fourth-order valence-electron chi connectivity index (χ4n) is 4.82. The summed E-state index contributed by atoms with van der Waals surface area (Å²) in [5.41, 5.74) is 2.68. The minimum absolute atomic E-state index is 0.123. The van der Waals surface area contributed by atoms with Crippen LogP contribution in [0, 0.1) is 11.6 Å². The molecule has 0 aliphatic carbocycles. The van der Waals surface area contributed by atoms with Gasteiger partial charge in [-0.05, 0) is 49.3 Å². The van der Waals surface area contributed by atoms with Crippen LogP contribution in [0.15, 0.2) is 54.0 Å². The Morgan fingerprint density at radius 3 is 2.77 bits per heavy atom. The predicted octanol–water partition coefficient (Wildman–Crippen LogP) is 3.26. The molecule has 4 heterocycles. The molecule has 1 atom stereocenters. The average molecular weight is 415 g/mol. The van der Waals surface area contributed by atoms with Crippen LogP contribution < -0.4 is 0 Å². The molecule has 0 spiro atoms. The summed E-state index contributed by atoms with van der Waals surface area (Å²) in [6.45, 7) is 7.37. The van der Waals surface area contributed by atoms with Crippen LogP contribution in [0.4, 0.5) is 8.78 Å². The first kappa shape index (κ1) is 19.7. The number of allylic oxidation sites excluding steroid dienone is 2. The Morgan fingerprint density at radius 2 is 1.90 bits per heavy atom. The first-order valence-electron chi connectivity index (χ1n) is 10.8. The van der Waals surface area contributed by atoms with E-state index in [-0.39, 0.29) is 17.7 Å². The summed E-state index contributed by atoms with van der Waals surface area (Å²) in [6.07, 6.45) is 10.4. The van der Waals surface area contributed by atoms with Gasteiger partial charge >= 0.3 is 0 Å². The Balaban J connectivity index is 1.26. The molecule has 160 valence electrons. The number of hydrogen-bond acceptors (Lipinski definition) is 5. The molecule has 4 aliphatic rings. The first-order chi connectivity index (χ1) is 14.7. The Kier molecular flexibility index (Phi) is 5.58. The molecule has 0 N–H and O–H groups in total. The number of rotatable bonds is 5. The number of fused-ring (bicyclic) bond motifs is 1. The number of nitrogens with zero attached hydrogens (tertiary/aromatic N) is 4. The molecular weight excluding hydrogens is 386 g/mol. The Hall–Kier alpha value is -2.22. The van der Waals surface area contributed by atoms with Crippen molar-refractivity contribution in [3.8, 4) is 0 Å². The molecule has 0 aromatic heterocycles. The minimum Gasteiger partial charge on any atom is -0.379 e. The monoisotopic (exact) mass is 414 g/mol. The van der Waals surface area contributed by atoms with Crippen LogP contribution in [0.5, 0.6) is 0 Å². The zero-order valence-electron chi connectivity index (χ0n) is 17.1. The normalized spacial score (nSPS) is 24.9. The van der Waals surface area contributed by atoms with Crippen LogP contribution >= 0.6 is 0 Å². The Morgan fingerprint density at radius 1 is 1.03 bits per heavy atom. The molecule has 1 aromatic carbocycles. The van der Waals surface area contributed by atoms with Crippen molar-refractivity contribution in [1.82, 2.24) is 19.8 Å². The predicted molar refractivity (Wildman–Crippen MR) is 111 cm³/mol. The fourth-order valence-corrected chi connectivity index (χ4v) is 4.82. The molecule has 2 saturated heterocycles. The molecule has 0 radical (unpaired) electrons. The van der Waals surface area contributed by atoms with E-state index in [1.165, 1.54) is 18.2 Å². The van der Waals surface area contributed by atoms with Crippen LogP contribution in [0.1, 0.15) is 24.4 Å². The van der Waals surface area contributed by atoms with Gasteiger partial charge in [0, 0.05) is 56.7 Å². The first-order valence-corrected chi connectivity index (χ1v) is 10.8. The van der Waals surface area contributed by atoms with Gasteiger partial charge in [-0.25, -0.2) is 13.8 Å². The highest BCUT2D eigenvalue weighted by atomic mass is 19.1. The molecule has 4 aliphatic heterocycles. The van der Waals surface area contributed by atoms with Crippen molar-refractivity contribution in [2.45, 2.75) is 18.9 Å². The van der Waals surface area contributed by atoms with Crippen molar-refractivity contribution in [1.29, 1.82) is 0 Å². The third kappa shape index (κ3) is 3.89. The van der Waals surface area contributed by atoms with Gasteiger partial charge in [-0.15, -0.1) is 0 Å². The summed E-state index contributed by atoms with van der Waals surface area (Å²) in [6, 6.07) is 3.65. The largest absolute Gasteiger partial charge is 0.379 e. The highest BCUT2D eigenvalue weighted by molar-refractivity contribution is 5.38. The second-order valence-corrected chi connectivity index (χ2v) is 8.24. The molecule has 0 unspecified atom stereocenters. The summed E-state index contributed by atoms with van der Waals surface area (Å²) in [5, 5.41) is 4.54. The molecule has 30 heavy (non-hydrogen) atoms. The summed E-state index contributed by atoms with van der Waals surface area (Å²) >= 11 is 0. The summed E-state index contributed by atoms with van der Waals surface area (Å²) in [4.78, 5) is 4.65. The zero-order valence-corrected chi connectivity index (χ0v) is 17.1. The van der Waals surface area contributed by atoms with Gasteiger partial charge in [-0.3, -0.25) is 9.91 Å². The van der Waals surface area contributed by atoms with Crippen molar-refractivity contribution in [2.24, 2.45) is 0 Å². The maximum Gasteiger partial charge on any atom is 0.128 e. The van der Waals surface area contributed by atoms with E-state index in [0.717, 1.165) is 76.7 Å². The van der Waals surface area contributed by atoms with Gasteiger partial charge in [0.05, 0.1) is 25.0 Å². The van der Waals surface area contributed by atoms with E-state index in [1.807, 2.05) is 0 Å². The third-order valence-electron chi connectivity index (χ3n) is 6.44. The molecule has 0 amide bonds.